The lowest BCUT2D eigenvalue weighted by Gasteiger charge is -2.17. The summed E-state index contributed by atoms with van der Waals surface area (Å²) in [6.45, 7) is 0.750. The molecule has 0 saturated carbocycles. The second kappa shape index (κ2) is 2.64. The van der Waals surface area contributed by atoms with E-state index in [9.17, 15) is 4.79 Å². The molecule has 0 aliphatic carbocycles. The fraction of sp³-hybridized carbons (Fsp3) is 0.750. The molecule has 0 aliphatic heterocycles. The average Bonchev–Trinajstić information content (AvgIpc) is 1.67. The van der Waals surface area contributed by atoms with Crippen LogP contribution >= 0.6 is 0 Å². The second-order valence-corrected chi connectivity index (χ2v) is 1.66. The van der Waals surface area contributed by atoms with Crippen LogP contribution in [-0.2, 0) is 4.79 Å². The molecule has 1 amide bonds. The molecule has 0 heterocycles. The number of amides is 1. The highest BCUT2D eigenvalue weighted by atomic mass is 16.3. The van der Waals surface area contributed by atoms with Crippen molar-refractivity contribution in [2.45, 2.75) is 12.6 Å². The third kappa shape index (κ3) is 2.54. The Morgan fingerprint density at radius 3 is 2.50 bits per heavy atom. The number of hydrogen-bond acceptors (Lipinski definition) is 3. The van der Waals surface area contributed by atoms with Gasteiger partial charge in [-0.1, -0.05) is 0 Å². The Kier molecular flexibility index (Phi) is 2.44. The van der Waals surface area contributed by atoms with Crippen molar-refractivity contribution in [3.8, 4) is 0 Å². The van der Waals surface area contributed by atoms with E-state index in [2.05, 4.69) is 0 Å². The van der Waals surface area contributed by atoms with Gasteiger partial charge in [-0.15, -0.1) is 0 Å². The zero-order valence-electron chi connectivity index (χ0n) is 4.51. The van der Waals surface area contributed by atoms with Crippen molar-refractivity contribution in [1.29, 1.82) is 0 Å². The molecule has 0 fully saturated rings. The summed E-state index contributed by atoms with van der Waals surface area (Å²) in [4.78, 5) is 9.47. The van der Waals surface area contributed by atoms with E-state index in [4.69, 9.17) is 10.2 Å². The van der Waals surface area contributed by atoms with Crippen LogP contribution in [0.1, 0.15) is 6.92 Å². The molecule has 1 unspecified atom stereocenters. The van der Waals surface area contributed by atoms with Gasteiger partial charge in [0.25, 0.3) is 0 Å². The van der Waals surface area contributed by atoms with E-state index in [1.165, 1.54) is 13.3 Å². The molecule has 0 aromatic carbocycles. The lowest BCUT2D eigenvalue weighted by molar-refractivity contribution is -0.0112. The van der Waals surface area contributed by atoms with Gasteiger partial charge >= 0.3 is 6.41 Å². The topological polar surface area (TPSA) is 69.6 Å². The van der Waals surface area contributed by atoms with Gasteiger partial charge in [-0.05, 0) is 6.92 Å². The molecule has 47 valence electrons. The van der Waals surface area contributed by atoms with Crippen molar-refractivity contribution >= 4 is 6.41 Å². The molecule has 0 saturated heterocycles. The minimum Gasteiger partial charge on any atom is -0.391 e. The van der Waals surface area contributed by atoms with Gasteiger partial charge in [0.2, 0.25) is 0 Å². The monoisotopic (exact) mass is 118 g/mol. The standard InChI is InChI=1S/C4H8NO3/c1-4(8,2-6)5-3-7/h6,8H,2H2,1H3,(H,5,7). The van der Waals surface area contributed by atoms with Gasteiger partial charge < -0.3 is 15.5 Å². The van der Waals surface area contributed by atoms with Crippen LogP contribution < -0.4 is 5.32 Å². The highest BCUT2D eigenvalue weighted by Crippen LogP contribution is 1.91. The molecule has 1 radical (unpaired) electrons. The molecular weight excluding hydrogens is 110 g/mol. The van der Waals surface area contributed by atoms with Crippen molar-refractivity contribution < 1.29 is 15.0 Å². The Morgan fingerprint density at radius 1 is 1.88 bits per heavy atom. The third-order valence-electron chi connectivity index (χ3n) is 0.628. The van der Waals surface area contributed by atoms with Crippen molar-refractivity contribution in [2.75, 3.05) is 6.61 Å². The van der Waals surface area contributed by atoms with Crippen molar-refractivity contribution in [3.63, 3.8) is 0 Å². The summed E-state index contributed by atoms with van der Waals surface area (Å²) < 4.78 is 0. The molecule has 0 aromatic rings. The van der Waals surface area contributed by atoms with E-state index in [-0.39, 0.29) is 0 Å². The summed E-state index contributed by atoms with van der Waals surface area (Å²) in [6, 6.07) is 0. The first kappa shape index (κ1) is 7.39. The van der Waals surface area contributed by atoms with Gasteiger partial charge in [0.05, 0.1) is 6.61 Å². The van der Waals surface area contributed by atoms with Gasteiger partial charge in [0.15, 0.2) is 5.72 Å². The zero-order chi connectivity index (χ0) is 6.62. The maximum Gasteiger partial charge on any atom is 0.311 e. The largest absolute Gasteiger partial charge is 0.391 e. The van der Waals surface area contributed by atoms with Gasteiger partial charge in [0, 0.05) is 0 Å². The van der Waals surface area contributed by atoms with Crippen LogP contribution in [0.15, 0.2) is 0 Å². The van der Waals surface area contributed by atoms with E-state index in [0.717, 1.165) is 0 Å². The summed E-state index contributed by atoms with van der Waals surface area (Å²) in [5, 5.41) is 18.8. The van der Waals surface area contributed by atoms with Gasteiger partial charge in [-0.3, -0.25) is 4.79 Å². The first-order valence-corrected chi connectivity index (χ1v) is 2.10. The number of carbonyl (C=O) groups excluding carboxylic acids is 1. The molecule has 0 rings (SSSR count). The average molecular weight is 118 g/mol. The summed E-state index contributed by atoms with van der Waals surface area (Å²) in [7, 11) is 0. The van der Waals surface area contributed by atoms with Crippen LogP contribution in [0.5, 0.6) is 0 Å². The Morgan fingerprint density at radius 2 is 2.38 bits per heavy atom. The first-order valence-electron chi connectivity index (χ1n) is 2.10. The van der Waals surface area contributed by atoms with Crippen molar-refractivity contribution in [1.82, 2.24) is 5.32 Å². The minimum atomic E-state index is -1.53. The van der Waals surface area contributed by atoms with Crippen LogP contribution in [0.25, 0.3) is 0 Å². The Bertz CT molecular complexity index is 81.4. The number of nitrogens with one attached hydrogen (secondary N) is 1. The predicted molar refractivity (Wildman–Crippen MR) is 26.5 cm³/mol. The second-order valence-electron chi connectivity index (χ2n) is 1.66. The van der Waals surface area contributed by atoms with Gasteiger partial charge in [0.1, 0.15) is 0 Å². The number of aliphatic hydroxyl groups excluding tert-OH is 1. The van der Waals surface area contributed by atoms with Crippen molar-refractivity contribution in [3.05, 3.63) is 0 Å². The molecule has 0 bridgehead atoms. The Hall–Kier alpha value is -0.610. The van der Waals surface area contributed by atoms with Gasteiger partial charge in [-0.25, -0.2) is 0 Å². The summed E-state index contributed by atoms with van der Waals surface area (Å²) in [5.41, 5.74) is -1.53. The Labute approximate surface area is 47.1 Å². The quantitative estimate of drug-likeness (QED) is 0.307. The minimum absolute atomic E-state index is 0.512. The predicted octanol–water partition coefficient (Wildman–Crippen LogP) is -1.66. The summed E-state index contributed by atoms with van der Waals surface area (Å²) in [5.74, 6) is 0. The fourth-order valence-electron chi connectivity index (χ4n) is 0.149. The fourth-order valence-corrected chi connectivity index (χ4v) is 0.149. The van der Waals surface area contributed by atoms with Gasteiger partial charge in [-0.2, -0.15) is 0 Å². The molecule has 8 heavy (non-hydrogen) atoms. The maximum atomic E-state index is 9.47. The molecule has 0 aliphatic rings. The lowest BCUT2D eigenvalue weighted by Crippen LogP contribution is -2.44. The van der Waals surface area contributed by atoms with E-state index >= 15 is 0 Å². The van der Waals surface area contributed by atoms with Crippen LogP contribution in [0.2, 0.25) is 0 Å². The molecule has 1 atom stereocenters. The Balaban J connectivity index is 3.53. The zero-order valence-corrected chi connectivity index (χ0v) is 4.51. The van der Waals surface area contributed by atoms with E-state index in [1.807, 2.05) is 5.32 Å². The summed E-state index contributed by atoms with van der Waals surface area (Å²) in [6.07, 6.45) is 1.25. The van der Waals surface area contributed by atoms with E-state index < -0.39 is 12.3 Å². The van der Waals surface area contributed by atoms with Crippen LogP contribution in [0, 0.1) is 0 Å². The number of hydrogen-bond donors (Lipinski definition) is 3. The molecule has 4 nitrogen and oxygen atoms in total. The molecule has 0 aromatic heterocycles. The molecule has 0 spiro atoms. The SMILES string of the molecule is CC(O)(CO)N[C]=O. The van der Waals surface area contributed by atoms with E-state index in [0.29, 0.717) is 0 Å². The normalized spacial score (nSPS) is 16.9. The number of aliphatic hydroxyl groups is 2. The van der Waals surface area contributed by atoms with E-state index in [1.54, 1.807) is 0 Å². The lowest BCUT2D eigenvalue weighted by atomic mass is 10.3. The molecular formula is C4H8NO3. The van der Waals surface area contributed by atoms with Crippen LogP contribution in [0.3, 0.4) is 0 Å². The molecule has 4 heteroatoms. The van der Waals surface area contributed by atoms with Crippen molar-refractivity contribution in [2.24, 2.45) is 0 Å². The van der Waals surface area contributed by atoms with Crippen LogP contribution in [0.4, 0.5) is 0 Å². The highest BCUT2D eigenvalue weighted by molar-refractivity contribution is 5.48. The number of rotatable bonds is 3. The maximum absolute atomic E-state index is 9.47. The summed E-state index contributed by atoms with van der Waals surface area (Å²) >= 11 is 0. The third-order valence-corrected chi connectivity index (χ3v) is 0.628. The van der Waals surface area contributed by atoms with Crippen LogP contribution in [-0.4, -0.2) is 29.0 Å². The highest BCUT2D eigenvalue weighted by Gasteiger charge is 2.16. The first-order chi connectivity index (χ1) is 3.62. The molecule has 3 N–H and O–H groups in total. The smallest absolute Gasteiger partial charge is 0.311 e.